The van der Waals surface area contributed by atoms with Gasteiger partial charge in [0.2, 0.25) is 11.9 Å². The van der Waals surface area contributed by atoms with E-state index in [0.717, 1.165) is 68.0 Å². The van der Waals surface area contributed by atoms with Gasteiger partial charge in [0.05, 0.1) is 6.20 Å². The minimum Gasteiger partial charge on any atom is -0.356 e. The molecular formula is C20H34Cl3N9. The van der Waals surface area contributed by atoms with Crippen LogP contribution in [0.5, 0.6) is 0 Å². The number of fused-ring (bicyclic) bond motifs is 1. The van der Waals surface area contributed by atoms with Gasteiger partial charge < -0.3 is 21.4 Å². The first-order valence-electron chi connectivity index (χ1n) is 10.6. The molecule has 32 heavy (non-hydrogen) atoms. The number of hydrogen-bond acceptors (Lipinski definition) is 7. The van der Waals surface area contributed by atoms with Crippen molar-refractivity contribution >= 4 is 60.3 Å². The van der Waals surface area contributed by atoms with E-state index in [1.165, 1.54) is 0 Å². The number of nitrogens with zero attached hydrogens (tertiary/aromatic N) is 5. The van der Waals surface area contributed by atoms with Crippen LogP contribution in [0.2, 0.25) is 0 Å². The van der Waals surface area contributed by atoms with Crippen molar-refractivity contribution in [1.29, 1.82) is 0 Å². The van der Waals surface area contributed by atoms with Crippen molar-refractivity contribution in [2.45, 2.75) is 70.5 Å². The molecule has 0 amide bonds. The second-order valence-electron chi connectivity index (χ2n) is 8.12. The van der Waals surface area contributed by atoms with Gasteiger partial charge in [0.1, 0.15) is 11.3 Å². The zero-order valence-electron chi connectivity index (χ0n) is 18.5. The summed E-state index contributed by atoms with van der Waals surface area (Å²) in [6.45, 7) is 5.11. The quantitative estimate of drug-likeness (QED) is 0.339. The molecule has 0 saturated heterocycles. The third kappa shape index (κ3) is 6.84. The third-order valence-electron chi connectivity index (χ3n) is 5.48. The highest BCUT2D eigenvalue weighted by Gasteiger charge is 2.20. The fourth-order valence-corrected chi connectivity index (χ4v) is 3.91. The Labute approximate surface area is 207 Å². The molecule has 0 aromatic carbocycles. The maximum Gasteiger partial charge on any atom is 0.224 e. The maximum absolute atomic E-state index is 6.02. The van der Waals surface area contributed by atoms with Crippen LogP contribution in [0.25, 0.3) is 11.2 Å². The van der Waals surface area contributed by atoms with E-state index in [4.69, 9.17) is 15.7 Å². The molecule has 12 heteroatoms. The van der Waals surface area contributed by atoms with Crippen LogP contribution in [0.4, 0.5) is 11.9 Å². The van der Waals surface area contributed by atoms with Crippen molar-refractivity contribution in [2.75, 3.05) is 17.2 Å². The number of aromatic nitrogens is 6. The highest BCUT2D eigenvalue weighted by atomic mass is 35.5. The Kier molecular flexibility index (Phi) is 11.5. The van der Waals surface area contributed by atoms with Crippen LogP contribution in [0.1, 0.15) is 57.8 Å². The molecule has 3 heterocycles. The molecule has 5 N–H and O–H groups in total. The lowest BCUT2D eigenvalue weighted by Gasteiger charge is -2.26. The van der Waals surface area contributed by atoms with Gasteiger partial charge in [-0.25, -0.2) is 15.0 Å². The normalized spacial score (nSPS) is 17.9. The van der Waals surface area contributed by atoms with Crippen molar-refractivity contribution in [3.05, 3.63) is 24.4 Å². The fourth-order valence-electron chi connectivity index (χ4n) is 3.91. The second kappa shape index (κ2) is 13.0. The Morgan fingerprint density at radius 3 is 2.53 bits per heavy atom. The van der Waals surface area contributed by atoms with E-state index >= 15 is 0 Å². The number of halogens is 3. The lowest BCUT2D eigenvalue weighted by Crippen LogP contribution is -2.33. The summed E-state index contributed by atoms with van der Waals surface area (Å²) in [6.07, 6.45) is 11.6. The zero-order chi connectivity index (χ0) is 20.2. The molecule has 0 bridgehead atoms. The molecule has 1 aliphatic carbocycles. The van der Waals surface area contributed by atoms with Gasteiger partial charge in [-0.2, -0.15) is 4.98 Å². The van der Waals surface area contributed by atoms with E-state index in [2.05, 4.69) is 44.0 Å². The summed E-state index contributed by atoms with van der Waals surface area (Å²) in [4.78, 5) is 21.4. The molecule has 9 nitrogen and oxygen atoms in total. The Hall–Kier alpha value is -1.81. The summed E-state index contributed by atoms with van der Waals surface area (Å²) in [5.41, 5.74) is 7.68. The SMILES string of the molecule is CC(C)n1c(NCCCc2ncc[nH]2)nc2cnc(NC3CCC(N)CC3)nc21.Cl.Cl.Cl. The molecule has 0 aliphatic heterocycles. The third-order valence-corrected chi connectivity index (χ3v) is 5.48. The van der Waals surface area contributed by atoms with Gasteiger partial charge in [0, 0.05) is 43.5 Å². The standard InChI is InChI=1S/C20H31N9.3ClH/c1-13(2)29-18-16(27-20(29)24-9-3-4-17-22-10-11-23-17)12-25-19(28-18)26-15-7-5-14(21)6-8-15;;;/h10-15H,3-9,21H2,1-2H3,(H,22,23)(H,24,27)(H,25,26,28);3*1H. The van der Waals surface area contributed by atoms with Crippen LogP contribution in [0.3, 0.4) is 0 Å². The van der Waals surface area contributed by atoms with Crippen LogP contribution < -0.4 is 16.4 Å². The van der Waals surface area contributed by atoms with Crippen molar-refractivity contribution in [3.63, 3.8) is 0 Å². The number of imidazole rings is 2. The van der Waals surface area contributed by atoms with Crippen molar-refractivity contribution in [2.24, 2.45) is 5.73 Å². The fraction of sp³-hybridized carbons (Fsp3) is 0.600. The van der Waals surface area contributed by atoms with E-state index in [1.807, 2.05) is 12.4 Å². The predicted molar refractivity (Wildman–Crippen MR) is 137 cm³/mol. The first-order valence-corrected chi connectivity index (χ1v) is 10.6. The first kappa shape index (κ1) is 28.2. The number of H-pyrrole nitrogens is 1. The summed E-state index contributed by atoms with van der Waals surface area (Å²) in [5.74, 6) is 2.52. The number of aryl methyl sites for hydroxylation is 1. The average molecular weight is 507 g/mol. The van der Waals surface area contributed by atoms with Gasteiger partial charge in [-0.1, -0.05) is 0 Å². The average Bonchev–Trinajstić information content (AvgIpc) is 3.34. The Morgan fingerprint density at radius 1 is 1.12 bits per heavy atom. The molecule has 0 unspecified atom stereocenters. The van der Waals surface area contributed by atoms with Crippen LogP contribution in [0.15, 0.2) is 18.6 Å². The molecule has 1 saturated carbocycles. The maximum atomic E-state index is 6.02. The van der Waals surface area contributed by atoms with Gasteiger partial charge in [0.15, 0.2) is 5.65 Å². The highest BCUT2D eigenvalue weighted by molar-refractivity contribution is 5.86. The molecule has 1 aliphatic rings. The molecule has 3 aromatic heterocycles. The van der Waals surface area contributed by atoms with Gasteiger partial charge >= 0.3 is 0 Å². The number of rotatable bonds is 8. The van der Waals surface area contributed by atoms with Crippen LogP contribution in [0, 0.1) is 0 Å². The smallest absolute Gasteiger partial charge is 0.224 e. The van der Waals surface area contributed by atoms with Gasteiger partial charge in [-0.05, 0) is 46.0 Å². The van der Waals surface area contributed by atoms with Gasteiger partial charge in [-0.15, -0.1) is 37.2 Å². The largest absolute Gasteiger partial charge is 0.356 e. The molecule has 0 atom stereocenters. The predicted octanol–water partition coefficient (Wildman–Crippen LogP) is 4.12. The Balaban J connectivity index is 0.00000171. The van der Waals surface area contributed by atoms with E-state index in [-0.39, 0.29) is 43.3 Å². The zero-order valence-corrected chi connectivity index (χ0v) is 20.9. The van der Waals surface area contributed by atoms with Gasteiger partial charge in [0.25, 0.3) is 0 Å². The molecule has 3 aromatic rings. The van der Waals surface area contributed by atoms with Crippen molar-refractivity contribution < 1.29 is 0 Å². The van der Waals surface area contributed by atoms with Crippen LogP contribution in [-0.2, 0) is 6.42 Å². The molecule has 4 rings (SSSR count). The van der Waals surface area contributed by atoms with Gasteiger partial charge in [-0.3, -0.25) is 4.57 Å². The lowest BCUT2D eigenvalue weighted by molar-refractivity contribution is 0.410. The minimum absolute atomic E-state index is 0. The van der Waals surface area contributed by atoms with Crippen LogP contribution >= 0.6 is 37.2 Å². The Bertz CT molecular complexity index is 922. The summed E-state index contributed by atoms with van der Waals surface area (Å²) >= 11 is 0. The number of hydrogen-bond donors (Lipinski definition) is 4. The minimum atomic E-state index is 0. The number of anilines is 2. The van der Waals surface area contributed by atoms with E-state index < -0.39 is 0 Å². The van der Waals surface area contributed by atoms with E-state index in [0.29, 0.717) is 18.0 Å². The van der Waals surface area contributed by atoms with Crippen LogP contribution in [-0.4, -0.2) is 48.1 Å². The molecular weight excluding hydrogens is 473 g/mol. The summed E-state index contributed by atoms with van der Waals surface area (Å²) in [5, 5.41) is 6.95. The topological polar surface area (TPSA) is 122 Å². The molecule has 180 valence electrons. The first-order chi connectivity index (χ1) is 14.1. The second-order valence-corrected chi connectivity index (χ2v) is 8.12. The summed E-state index contributed by atoms with van der Waals surface area (Å²) < 4.78 is 2.14. The Morgan fingerprint density at radius 2 is 1.88 bits per heavy atom. The number of aromatic amines is 1. The number of nitrogens with one attached hydrogen (secondary N) is 3. The van der Waals surface area contributed by atoms with Crippen molar-refractivity contribution in [3.8, 4) is 0 Å². The van der Waals surface area contributed by atoms with Crippen molar-refractivity contribution in [1.82, 2.24) is 29.5 Å². The van der Waals surface area contributed by atoms with E-state index in [9.17, 15) is 0 Å². The molecule has 0 spiro atoms. The summed E-state index contributed by atoms with van der Waals surface area (Å²) in [7, 11) is 0. The lowest BCUT2D eigenvalue weighted by atomic mass is 9.92. The molecule has 0 radical (unpaired) electrons. The van der Waals surface area contributed by atoms with E-state index in [1.54, 1.807) is 6.20 Å². The molecule has 1 fully saturated rings. The summed E-state index contributed by atoms with van der Waals surface area (Å²) in [6, 6.07) is 0.963. The highest BCUT2D eigenvalue weighted by Crippen LogP contribution is 2.25. The monoisotopic (exact) mass is 505 g/mol. The number of nitrogens with two attached hydrogens (primary N) is 1.